The van der Waals surface area contributed by atoms with Crippen LogP contribution in [-0.4, -0.2) is 31.4 Å². The van der Waals surface area contributed by atoms with E-state index in [4.69, 9.17) is 16.3 Å². The van der Waals surface area contributed by atoms with E-state index in [0.717, 1.165) is 12.8 Å². The minimum Gasteiger partial charge on any atom is -0.375 e. The highest BCUT2D eigenvalue weighted by atomic mass is 35.5. The fourth-order valence-corrected chi connectivity index (χ4v) is 1.76. The van der Waals surface area contributed by atoms with E-state index < -0.39 is 0 Å². The summed E-state index contributed by atoms with van der Waals surface area (Å²) in [7, 11) is 1.46. The average molecular weight is 299 g/mol. The van der Waals surface area contributed by atoms with Crippen molar-refractivity contribution in [1.29, 1.82) is 0 Å². The Morgan fingerprint density at radius 2 is 1.60 bits per heavy atom. The van der Waals surface area contributed by atoms with Gasteiger partial charge < -0.3 is 15.4 Å². The number of unbranched alkanes of at least 4 members (excludes halogenated alkanes) is 1. The van der Waals surface area contributed by atoms with Gasteiger partial charge in [-0.3, -0.25) is 9.59 Å². The van der Waals surface area contributed by atoms with Gasteiger partial charge >= 0.3 is 0 Å². The predicted molar refractivity (Wildman–Crippen MR) is 80.1 cm³/mol. The van der Waals surface area contributed by atoms with Gasteiger partial charge in [0.15, 0.2) is 0 Å². The normalized spacial score (nSPS) is 10.1. The van der Waals surface area contributed by atoms with Gasteiger partial charge in [-0.2, -0.15) is 0 Å². The molecule has 0 unspecified atom stereocenters. The Labute approximate surface area is 123 Å². The molecular formula is C14H19ClN2O3. The number of hydrogen-bond donors (Lipinski definition) is 2. The van der Waals surface area contributed by atoms with E-state index in [1.54, 1.807) is 24.3 Å². The van der Waals surface area contributed by atoms with Crippen LogP contribution in [0, 0.1) is 0 Å². The van der Waals surface area contributed by atoms with Crippen molar-refractivity contribution in [2.75, 3.05) is 30.2 Å². The Balaban J connectivity index is 2.42. The van der Waals surface area contributed by atoms with Crippen molar-refractivity contribution in [2.24, 2.45) is 0 Å². The number of methoxy groups -OCH3 is 1. The van der Waals surface area contributed by atoms with Gasteiger partial charge in [0.05, 0.1) is 0 Å². The van der Waals surface area contributed by atoms with Gasteiger partial charge in [-0.05, 0) is 37.1 Å². The van der Waals surface area contributed by atoms with Gasteiger partial charge in [0, 0.05) is 30.8 Å². The highest BCUT2D eigenvalue weighted by Gasteiger charge is 2.04. The Morgan fingerprint density at radius 1 is 1.05 bits per heavy atom. The molecule has 0 saturated carbocycles. The number of carbonyl (C=O) groups is 2. The zero-order valence-electron chi connectivity index (χ0n) is 11.4. The molecule has 0 aliphatic heterocycles. The van der Waals surface area contributed by atoms with E-state index in [1.165, 1.54) is 7.11 Å². The molecule has 0 saturated heterocycles. The van der Waals surface area contributed by atoms with Gasteiger partial charge in [-0.1, -0.05) is 0 Å². The summed E-state index contributed by atoms with van der Waals surface area (Å²) >= 11 is 5.55. The van der Waals surface area contributed by atoms with Crippen molar-refractivity contribution in [2.45, 2.75) is 19.3 Å². The second kappa shape index (κ2) is 9.34. The number of benzene rings is 1. The van der Waals surface area contributed by atoms with Crippen molar-refractivity contribution in [3.05, 3.63) is 24.3 Å². The van der Waals surface area contributed by atoms with Gasteiger partial charge in [0.25, 0.3) is 0 Å². The molecule has 20 heavy (non-hydrogen) atoms. The number of carbonyl (C=O) groups excluding carboxylic acids is 2. The van der Waals surface area contributed by atoms with E-state index in [9.17, 15) is 9.59 Å². The summed E-state index contributed by atoms with van der Waals surface area (Å²) < 4.78 is 4.72. The summed E-state index contributed by atoms with van der Waals surface area (Å²) in [5, 5.41) is 5.46. The van der Waals surface area contributed by atoms with Crippen LogP contribution < -0.4 is 10.6 Å². The minimum atomic E-state index is -0.217. The highest BCUT2D eigenvalue weighted by molar-refractivity contribution is 6.17. The first kappa shape index (κ1) is 16.5. The Bertz CT molecular complexity index is 435. The second-order valence-electron chi connectivity index (χ2n) is 4.25. The zero-order chi connectivity index (χ0) is 14.8. The quantitative estimate of drug-likeness (QED) is 0.572. The van der Waals surface area contributed by atoms with E-state index in [2.05, 4.69) is 10.6 Å². The third kappa shape index (κ3) is 6.54. The molecule has 2 amide bonds. The molecule has 0 aromatic heterocycles. The van der Waals surface area contributed by atoms with Crippen LogP contribution >= 0.6 is 11.6 Å². The van der Waals surface area contributed by atoms with Gasteiger partial charge in [0.2, 0.25) is 11.8 Å². The van der Waals surface area contributed by atoms with E-state index in [0.29, 0.717) is 23.7 Å². The van der Waals surface area contributed by atoms with Gasteiger partial charge in [-0.15, -0.1) is 11.6 Å². The molecule has 1 rings (SSSR count). The average Bonchev–Trinajstić information content (AvgIpc) is 2.41. The van der Waals surface area contributed by atoms with Crippen LogP contribution in [0.5, 0.6) is 0 Å². The number of hydrogen-bond acceptors (Lipinski definition) is 3. The van der Waals surface area contributed by atoms with E-state index in [1.807, 2.05) is 0 Å². The van der Waals surface area contributed by atoms with Crippen LogP contribution in [0.1, 0.15) is 19.3 Å². The first-order chi connectivity index (χ1) is 9.65. The highest BCUT2D eigenvalue weighted by Crippen LogP contribution is 2.14. The van der Waals surface area contributed by atoms with Crippen molar-refractivity contribution < 1.29 is 14.3 Å². The third-order valence-electron chi connectivity index (χ3n) is 2.52. The molecule has 110 valence electrons. The molecule has 0 fully saturated rings. The number of rotatable bonds is 8. The summed E-state index contributed by atoms with van der Waals surface area (Å²) in [6.07, 6.45) is 2.07. The lowest BCUT2D eigenvalue weighted by atomic mass is 10.2. The third-order valence-corrected chi connectivity index (χ3v) is 2.78. The van der Waals surface area contributed by atoms with Gasteiger partial charge in [0.1, 0.15) is 6.61 Å². The molecule has 0 spiro atoms. The summed E-state index contributed by atoms with van der Waals surface area (Å²) in [4.78, 5) is 22.9. The fourth-order valence-electron chi connectivity index (χ4n) is 1.57. The lowest BCUT2D eigenvalue weighted by Crippen LogP contribution is -2.17. The molecule has 1 aromatic rings. The first-order valence-electron chi connectivity index (χ1n) is 6.40. The van der Waals surface area contributed by atoms with Gasteiger partial charge in [-0.25, -0.2) is 0 Å². The molecule has 2 N–H and O–H groups in total. The maximum Gasteiger partial charge on any atom is 0.250 e. The van der Waals surface area contributed by atoms with Crippen molar-refractivity contribution in [3.63, 3.8) is 0 Å². The molecule has 6 heteroatoms. The maximum absolute atomic E-state index is 11.6. The Morgan fingerprint density at radius 3 is 2.10 bits per heavy atom. The first-order valence-corrected chi connectivity index (χ1v) is 6.94. The molecular weight excluding hydrogens is 280 g/mol. The van der Waals surface area contributed by atoms with Crippen molar-refractivity contribution >= 4 is 34.8 Å². The van der Waals surface area contributed by atoms with Crippen molar-refractivity contribution in [1.82, 2.24) is 0 Å². The van der Waals surface area contributed by atoms with Crippen LogP contribution in [0.15, 0.2) is 24.3 Å². The number of anilines is 2. The molecule has 0 radical (unpaired) electrons. The maximum atomic E-state index is 11.6. The summed E-state index contributed by atoms with van der Waals surface area (Å²) in [5.41, 5.74) is 1.36. The zero-order valence-corrected chi connectivity index (χ0v) is 12.2. The molecule has 5 nitrogen and oxygen atoms in total. The molecule has 0 bridgehead atoms. The van der Waals surface area contributed by atoms with Crippen LogP contribution in [0.25, 0.3) is 0 Å². The summed E-state index contributed by atoms with van der Waals surface area (Å²) in [6.45, 7) is 0.0130. The van der Waals surface area contributed by atoms with Crippen molar-refractivity contribution in [3.8, 4) is 0 Å². The summed E-state index contributed by atoms with van der Waals surface area (Å²) in [6, 6.07) is 6.92. The second-order valence-corrected chi connectivity index (χ2v) is 4.63. The molecule has 1 aromatic carbocycles. The standard InChI is InChI=1S/C14H19ClN2O3/c1-20-10-14(19)17-12-7-5-11(6-8-12)16-13(18)4-2-3-9-15/h5-8H,2-4,9-10H2,1H3,(H,16,18)(H,17,19). The Kier molecular flexibility index (Phi) is 7.69. The predicted octanol–water partition coefficient (Wildman–Crippen LogP) is 2.62. The van der Waals surface area contributed by atoms with Crippen LogP contribution in [0.4, 0.5) is 11.4 Å². The fraction of sp³-hybridized carbons (Fsp3) is 0.429. The topological polar surface area (TPSA) is 67.4 Å². The minimum absolute atomic E-state index is 0.0130. The SMILES string of the molecule is COCC(=O)Nc1ccc(NC(=O)CCCCCl)cc1. The molecule has 0 heterocycles. The summed E-state index contributed by atoms with van der Waals surface area (Å²) in [5.74, 6) is 0.319. The number of halogens is 1. The number of ether oxygens (including phenoxy) is 1. The molecule has 0 aliphatic carbocycles. The monoisotopic (exact) mass is 298 g/mol. The number of amides is 2. The lowest BCUT2D eigenvalue weighted by Gasteiger charge is -2.07. The smallest absolute Gasteiger partial charge is 0.250 e. The van der Waals surface area contributed by atoms with E-state index in [-0.39, 0.29) is 18.4 Å². The van der Waals surface area contributed by atoms with Crippen LogP contribution in [-0.2, 0) is 14.3 Å². The number of nitrogens with one attached hydrogen (secondary N) is 2. The van der Waals surface area contributed by atoms with Crippen LogP contribution in [0.2, 0.25) is 0 Å². The largest absolute Gasteiger partial charge is 0.375 e. The number of alkyl halides is 1. The van der Waals surface area contributed by atoms with Crippen LogP contribution in [0.3, 0.4) is 0 Å². The molecule has 0 atom stereocenters. The lowest BCUT2D eigenvalue weighted by molar-refractivity contribution is -0.119. The molecule has 0 aliphatic rings. The van der Waals surface area contributed by atoms with E-state index >= 15 is 0 Å². The Hall–Kier alpha value is -1.59.